The molecule has 1 unspecified atom stereocenters. The fourth-order valence-electron chi connectivity index (χ4n) is 1.33. The molecular formula is C11H13N3O2. The van der Waals surface area contributed by atoms with Gasteiger partial charge >= 0.3 is 0 Å². The van der Waals surface area contributed by atoms with Crippen LogP contribution in [0.1, 0.15) is 18.9 Å². The van der Waals surface area contributed by atoms with E-state index < -0.39 is 4.92 Å². The Kier molecular flexibility index (Phi) is 4.42. The largest absolute Gasteiger partial charge is 0.309 e. The summed E-state index contributed by atoms with van der Waals surface area (Å²) in [4.78, 5) is 10.3. The van der Waals surface area contributed by atoms with E-state index >= 15 is 0 Å². The molecule has 0 bridgehead atoms. The van der Waals surface area contributed by atoms with Crippen LogP contribution in [0.2, 0.25) is 0 Å². The van der Waals surface area contributed by atoms with Crippen LogP contribution in [0.5, 0.6) is 0 Å². The molecular weight excluding hydrogens is 206 g/mol. The Morgan fingerprint density at radius 1 is 1.56 bits per heavy atom. The number of nitro benzene ring substituents is 1. The first kappa shape index (κ1) is 12.1. The van der Waals surface area contributed by atoms with Crippen LogP contribution in [0.15, 0.2) is 24.3 Å². The van der Waals surface area contributed by atoms with Gasteiger partial charge in [-0.25, -0.2) is 0 Å². The molecule has 0 fully saturated rings. The summed E-state index contributed by atoms with van der Waals surface area (Å²) in [5.41, 5.74) is 0.747. The number of hydrogen-bond acceptors (Lipinski definition) is 4. The van der Waals surface area contributed by atoms with Crippen molar-refractivity contribution in [3.8, 4) is 6.07 Å². The van der Waals surface area contributed by atoms with Crippen molar-refractivity contribution >= 4 is 5.69 Å². The molecule has 0 aromatic heterocycles. The van der Waals surface area contributed by atoms with Crippen molar-refractivity contribution < 1.29 is 4.92 Å². The van der Waals surface area contributed by atoms with Crippen molar-refractivity contribution in [2.45, 2.75) is 25.9 Å². The molecule has 16 heavy (non-hydrogen) atoms. The van der Waals surface area contributed by atoms with Gasteiger partial charge in [0.15, 0.2) is 0 Å². The predicted octanol–water partition coefficient (Wildman–Crippen LogP) is 1.99. The molecule has 0 radical (unpaired) electrons. The summed E-state index contributed by atoms with van der Waals surface area (Å²) >= 11 is 0. The third-order valence-corrected chi connectivity index (χ3v) is 2.23. The number of rotatable bonds is 5. The molecule has 0 amide bonds. The second-order valence-electron chi connectivity index (χ2n) is 3.53. The van der Waals surface area contributed by atoms with Crippen molar-refractivity contribution in [1.29, 1.82) is 5.26 Å². The lowest BCUT2D eigenvalue weighted by Crippen LogP contribution is -2.25. The number of hydrogen-bond donors (Lipinski definition) is 1. The lowest BCUT2D eigenvalue weighted by molar-refractivity contribution is -0.385. The average molecular weight is 219 g/mol. The van der Waals surface area contributed by atoms with Crippen molar-refractivity contribution in [2.75, 3.05) is 0 Å². The van der Waals surface area contributed by atoms with Gasteiger partial charge in [0.2, 0.25) is 0 Å². The number of nitriles is 1. The number of nitrogens with one attached hydrogen (secondary N) is 1. The summed E-state index contributed by atoms with van der Waals surface area (Å²) in [5, 5.41) is 22.3. The van der Waals surface area contributed by atoms with Crippen LogP contribution in [0, 0.1) is 21.4 Å². The van der Waals surface area contributed by atoms with Gasteiger partial charge in [-0.3, -0.25) is 10.1 Å². The quantitative estimate of drug-likeness (QED) is 0.606. The zero-order valence-corrected chi connectivity index (χ0v) is 9.01. The topological polar surface area (TPSA) is 79.0 Å². The number of benzene rings is 1. The van der Waals surface area contributed by atoms with E-state index in [0.29, 0.717) is 18.5 Å². The Morgan fingerprint density at radius 2 is 2.25 bits per heavy atom. The zero-order valence-electron chi connectivity index (χ0n) is 9.01. The Hall–Kier alpha value is -1.93. The lowest BCUT2D eigenvalue weighted by atomic mass is 10.1. The fraction of sp³-hybridized carbons (Fsp3) is 0.364. The van der Waals surface area contributed by atoms with Gasteiger partial charge in [0, 0.05) is 24.2 Å². The van der Waals surface area contributed by atoms with Crippen molar-refractivity contribution in [2.24, 2.45) is 0 Å². The van der Waals surface area contributed by atoms with E-state index in [9.17, 15) is 10.1 Å². The van der Waals surface area contributed by atoms with Crippen molar-refractivity contribution in [3.05, 3.63) is 39.9 Å². The van der Waals surface area contributed by atoms with Crippen LogP contribution < -0.4 is 5.32 Å². The molecule has 5 nitrogen and oxygen atoms in total. The smallest absolute Gasteiger partial charge is 0.273 e. The summed E-state index contributed by atoms with van der Waals surface area (Å²) in [6.07, 6.45) is 0.390. The molecule has 0 saturated heterocycles. The number of nitrogens with zero attached hydrogens (tertiary/aromatic N) is 2. The Morgan fingerprint density at radius 3 is 2.88 bits per heavy atom. The fourth-order valence-corrected chi connectivity index (χ4v) is 1.33. The van der Waals surface area contributed by atoms with E-state index in [1.807, 2.05) is 13.0 Å². The first-order chi connectivity index (χ1) is 7.65. The zero-order chi connectivity index (χ0) is 12.0. The molecule has 0 heterocycles. The van der Waals surface area contributed by atoms with E-state index in [4.69, 9.17) is 5.26 Å². The normalized spacial score (nSPS) is 11.8. The minimum Gasteiger partial charge on any atom is -0.309 e. The maximum absolute atomic E-state index is 10.7. The summed E-state index contributed by atoms with van der Waals surface area (Å²) in [6, 6.07) is 8.67. The van der Waals surface area contributed by atoms with Crippen LogP contribution in [0.25, 0.3) is 0 Å². The molecule has 0 spiro atoms. The Balaban J connectivity index is 2.67. The minimum absolute atomic E-state index is 0.0322. The van der Waals surface area contributed by atoms with Gasteiger partial charge in [-0.1, -0.05) is 18.2 Å². The molecule has 1 aromatic carbocycles. The maximum atomic E-state index is 10.7. The second-order valence-corrected chi connectivity index (χ2v) is 3.53. The van der Waals surface area contributed by atoms with Gasteiger partial charge in [0.25, 0.3) is 5.69 Å². The van der Waals surface area contributed by atoms with Gasteiger partial charge in [0.1, 0.15) is 0 Å². The highest BCUT2D eigenvalue weighted by Gasteiger charge is 2.12. The highest BCUT2D eigenvalue weighted by molar-refractivity contribution is 5.39. The predicted molar refractivity (Wildman–Crippen MR) is 59.6 cm³/mol. The van der Waals surface area contributed by atoms with Crippen LogP contribution in [0.4, 0.5) is 5.69 Å². The van der Waals surface area contributed by atoms with Crippen LogP contribution in [0.3, 0.4) is 0 Å². The second kappa shape index (κ2) is 5.83. The molecule has 84 valence electrons. The van der Waals surface area contributed by atoms with Gasteiger partial charge in [-0.15, -0.1) is 0 Å². The SMILES string of the molecule is CC(CC#N)NCc1ccccc1[N+](=O)[O-]. The average Bonchev–Trinajstić information content (AvgIpc) is 2.27. The van der Waals surface area contributed by atoms with Crippen molar-refractivity contribution in [1.82, 2.24) is 5.32 Å². The molecule has 5 heteroatoms. The summed E-state index contributed by atoms with van der Waals surface area (Å²) < 4.78 is 0. The molecule has 0 saturated carbocycles. The standard InChI is InChI=1S/C11H13N3O2/c1-9(6-7-12)13-8-10-4-2-3-5-11(10)14(15)16/h2-5,9,13H,6,8H2,1H3. The molecule has 0 aliphatic heterocycles. The van der Waals surface area contributed by atoms with Gasteiger partial charge in [-0.05, 0) is 6.92 Å². The van der Waals surface area contributed by atoms with Gasteiger partial charge in [0.05, 0.1) is 17.4 Å². The molecule has 1 atom stereocenters. The van der Waals surface area contributed by atoms with Crippen molar-refractivity contribution in [3.63, 3.8) is 0 Å². The molecule has 0 aliphatic rings. The highest BCUT2D eigenvalue weighted by Crippen LogP contribution is 2.17. The minimum atomic E-state index is -0.397. The first-order valence-electron chi connectivity index (χ1n) is 4.97. The van der Waals surface area contributed by atoms with E-state index in [2.05, 4.69) is 5.32 Å². The van der Waals surface area contributed by atoms with Gasteiger partial charge < -0.3 is 5.32 Å². The Labute approximate surface area is 93.9 Å². The van der Waals surface area contributed by atoms with Crippen LogP contribution in [-0.2, 0) is 6.54 Å². The lowest BCUT2D eigenvalue weighted by Gasteiger charge is -2.09. The molecule has 1 rings (SSSR count). The molecule has 1 aromatic rings. The van der Waals surface area contributed by atoms with Gasteiger partial charge in [-0.2, -0.15) is 5.26 Å². The Bertz CT molecular complexity index is 412. The van der Waals surface area contributed by atoms with E-state index in [1.54, 1.807) is 18.2 Å². The van der Waals surface area contributed by atoms with E-state index in [-0.39, 0.29) is 11.7 Å². The molecule has 0 aliphatic carbocycles. The van der Waals surface area contributed by atoms with Crippen LogP contribution in [-0.4, -0.2) is 11.0 Å². The first-order valence-corrected chi connectivity index (χ1v) is 4.97. The number of nitro groups is 1. The monoisotopic (exact) mass is 219 g/mol. The maximum Gasteiger partial charge on any atom is 0.273 e. The summed E-state index contributed by atoms with van der Waals surface area (Å²) in [7, 11) is 0. The summed E-state index contributed by atoms with van der Waals surface area (Å²) in [6.45, 7) is 2.28. The summed E-state index contributed by atoms with van der Waals surface area (Å²) in [5.74, 6) is 0. The molecule has 1 N–H and O–H groups in total. The van der Waals surface area contributed by atoms with Crippen LogP contribution >= 0.6 is 0 Å². The third kappa shape index (κ3) is 3.33. The third-order valence-electron chi connectivity index (χ3n) is 2.23. The number of para-hydroxylation sites is 1. The van der Waals surface area contributed by atoms with E-state index in [0.717, 1.165) is 0 Å². The highest BCUT2D eigenvalue weighted by atomic mass is 16.6. The van der Waals surface area contributed by atoms with E-state index in [1.165, 1.54) is 6.07 Å².